The number of fused-ring (bicyclic) bond motifs is 1. The summed E-state index contributed by atoms with van der Waals surface area (Å²) in [5.74, 6) is -2.28. The number of hydrogen-bond donors (Lipinski definition) is 1. The summed E-state index contributed by atoms with van der Waals surface area (Å²) in [7, 11) is 0. The molecule has 2 aliphatic rings. The van der Waals surface area contributed by atoms with E-state index in [0.717, 1.165) is 12.2 Å². The maximum Gasteiger partial charge on any atom is 0.361 e. The number of nitrogens with zero attached hydrogens (tertiary/aromatic N) is 1. The first-order valence-electron chi connectivity index (χ1n) is 4.60. The fraction of sp³-hybridized carbons (Fsp3) is 0.500. The number of alkyl halides is 5. The van der Waals surface area contributed by atoms with Crippen LogP contribution in [-0.4, -0.2) is 35.8 Å². The SMILES string of the molecule is O=C1NC(=O)C2(Cl)C1(Cl)C=CC(Cl)(Cl)C2(Cl)[N+](=O)[O-]. The van der Waals surface area contributed by atoms with Gasteiger partial charge in [0.15, 0.2) is 4.87 Å². The van der Waals surface area contributed by atoms with Gasteiger partial charge in [-0.1, -0.05) is 40.9 Å². The van der Waals surface area contributed by atoms with E-state index in [9.17, 15) is 19.7 Å². The second-order valence-electron chi connectivity index (χ2n) is 3.99. The average molecular weight is 368 g/mol. The number of amides is 2. The Kier molecular flexibility index (Phi) is 3.09. The zero-order chi connectivity index (χ0) is 14.9. The minimum atomic E-state index is -2.93. The number of halogens is 5. The molecule has 0 radical (unpaired) electrons. The van der Waals surface area contributed by atoms with Crippen molar-refractivity contribution in [3.05, 3.63) is 22.3 Å². The fourth-order valence-electron chi connectivity index (χ4n) is 1.99. The monoisotopic (exact) mass is 366 g/mol. The summed E-state index contributed by atoms with van der Waals surface area (Å²) in [6, 6.07) is 0. The Morgan fingerprint density at radius 1 is 1.05 bits per heavy atom. The zero-order valence-electron chi connectivity index (χ0n) is 8.62. The number of carbonyl (C=O) groups is 2. The van der Waals surface area contributed by atoms with Gasteiger partial charge in [0.05, 0.1) is 0 Å². The summed E-state index contributed by atoms with van der Waals surface area (Å²) >= 11 is 29.3. The van der Waals surface area contributed by atoms with E-state index in [0.29, 0.717) is 0 Å². The first-order chi connectivity index (χ1) is 8.45. The van der Waals surface area contributed by atoms with E-state index in [2.05, 4.69) is 0 Å². The van der Waals surface area contributed by atoms with Crippen LogP contribution < -0.4 is 5.32 Å². The molecule has 3 atom stereocenters. The third kappa shape index (κ3) is 1.41. The number of imide groups is 1. The molecule has 2 rings (SSSR count). The standard InChI is InChI=1S/C8H3Cl5N2O4/c9-5-1-2-6(10,11)8(13,15(18)19)7(5,12)4(17)14-3(5)16/h1-2H,(H,14,16,17). The van der Waals surface area contributed by atoms with Crippen molar-refractivity contribution in [1.82, 2.24) is 5.32 Å². The highest BCUT2D eigenvalue weighted by atomic mass is 35.5. The van der Waals surface area contributed by atoms with Gasteiger partial charge in [-0.05, 0) is 17.7 Å². The molecule has 1 heterocycles. The van der Waals surface area contributed by atoms with Gasteiger partial charge in [-0.2, -0.15) is 0 Å². The van der Waals surface area contributed by atoms with E-state index in [-0.39, 0.29) is 0 Å². The lowest BCUT2D eigenvalue weighted by molar-refractivity contribution is -0.547. The van der Waals surface area contributed by atoms with Crippen LogP contribution in [0.1, 0.15) is 0 Å². The third-order valence-corrected chi connectivity index (χ3v) is 6.27. The van der Waals surface area contributed by atoms with E-state index in [1.54, 1.807) is 5.32 Å². The van der Waals surface area contributed by atoms with Gasteiger partial charge in [0.1, 0.15) is 0 Å². The van der Waals surface area contributed by atoms with Crippen molar-refractivity contribution in [2.75, 3.05) is 0 Å². The van der Waals surface area contributed by atoms with Crippen LogP contribution in [0.3, 0.4) is 0 Å². The highest BCUT2D eigenvalue weighted by Crippen LogP contribution is 2.61. The van der Waals surface area contributed by atoms with Gasteiger partial charge in [-0.3, -0.25) is 25.0 Å². The largest absolute Gasteiger partial charge is 0.361 e. The van der Waals surface area contributed by atoms with Crippen LogP contribution in [0.25, 0.3) is 0 Å². The highest BCUT2D eigenvalue weighted by Gasteiger charge is 2.86. The Bertz CT molecular complexity index is 551. The lowest BCUT2D eigenvalue weighted by Gasteiger charge is -2.43. The topological polar surface area (TPSA) is 89.3 Å². The van der Waals surface area contributed by atoms with Crippen molar-refractivity contribution < 1.29 is 14.5 Å². The van der Waals surface area contributed by atoms with Crippen LogP contribution in [0.15, 0.2) is 12.2 Å². The quantitative estimate of drug-likeness (QED) is 0.190. The maximum absolute atomic E-state index is 11.9. The minimum absolute atomic E-state index is 0.859. The predicted octanol–water partition coefficient (Wildman–Crippen LogP) is 1.55. The molecule has 104 valence electrons. The second kappa shape index (κ2) is 3.89. The van der Waals surface area contributed by atoms with Gasteiger partial charge in [0, 0.05) is 4.92 Å². The van der Waals surface area contributed by atoms with Crippen molar-refractivity contribution in [1.29, 1.82) is 0 Å². The van der Waals surface area contributed by atoms with Crippen molar-refractivity contribution in [3.63, 3.8) is 0 Å². The van der Waals surface area contributed by atoms with Crippen molar-refractivity contribution in [3.8, 4) is 0 Å². The Hall–Kier alpha value is -0.270. The average Bonchev–Trinajstić information content (AvgIpc) is 2.47. The normalized spacial score (nSPS) is 43.8. The molecule has 1 N–H and O–H groups in total. The minimum Gasteiger partial charge on any atom is -0.293 e. The highest BCUT2D eigenvalue weighted by molar-refractivity contribution is 6.62. The Morgan fingerprint density at radius 2 is 1.58 bits per heavy atom. The Morgan fingerprint density at radius 3 is 2.05 bits per heavy atom. The van der Waals surface area contributed by atoms with Crippen molar-refractivity contribution in [2.45, 2.75) is 19.1 Å². The molecule has 0 spiro atoms. The molecular weight excluding hydrogens is 365 g/mol. The molecule has 0 aromatic rings. The maximum atomic E-state index is 11.9. The number of rotatable bonds is 1. The van der Waals surface area contributed by atoms with Gasteiger partial charge < -0.3 is 0 Å². The van der Waals surface area contributed by atoms with Gasteiger partial charge in [-0.15, -0.1) is 11.6 Å². The Labute approximate surface area is 131 Å². The van der Waals surface area contributed by atoms with Gasteiger partial charge in [0.2, 0.25) is 9.21 Å². The summed E-state index contributed by atoms with van der Waals surface area (Å²) in [5.41, 5.74) is 0. The van der Waals surface area contributed by atoms with Crippen LogP contribution in [-0.2, 0) is 9.59 Å². The number of carbonyl (C=O) groups excluding carboxylic acids is 2. The molecule has 1 aliphatic carbocycles. The zero-order valence-corrected chi connectivity index (χ0v) is 12.4. The van der Waals surface area contributed by atoms with Crippen molar-refractivity contribution in [2.24, 2.45) is 0 Å². The number of hydrogen-bond acceptors (Lipinski definition) is 4. The lowest BCUT2D eigenvalue weighted by Crippen LogP contribution is -2.72. The molecule has 0 bridgehead atoms. The van der Waals surface area contributed by atoms with Gasteiger partial charge in [-0.25, -0.2) is 0 Å². The van der Waals surface area contributed by atoms with Crippen LogP contribution in [0.4, 0.5) is 0 Å². The number of nitro groups is 1. The van der Waals surface area contributed by atoms with E-state index in [4.69, 9.17) is 58.0 Å². The predicted molar refractivity (Wildman–Crippen MR) is 69.5 cm³/mol. The van der Waals surface area contributed by atoms with E-state index >= 15 is 0 Å². The smallest absolute Gasteiger partial charge is 0.293 e. The number of nitrogens with one attached hydrogen (secondary N) is 1. The molecule has 6 nitrogen and oxygen atoms in total. The Balaban J connectivity index is 2.87. The van der Waals surface area contributed by atoms with Crippen LogP contribution in [0.2, 0.25) is 0 Å². The first kappa shape index (κ1) is 15.1. The summed E-state index contributed by atoms with van der Waals surface area (Å²) < 4.78 is -2.35. The van der Waals surface area contributed by atoms with Crippen molar-refractivity contribution >= 4 is 69.8 Å². The van der Waals surface area contributed by atoms with E-state index in [1.165, 1.54) is 0 Å². The fourth-order valence-corrected chi connectivity index (χ4v) is 3.73. The molecule has 0 aromatic heterocycles. The van der Waals surface area contributed by atoms with E-state index in [1.807, 2.05) is 0 Å². The molecular formula is C8H3Cl5N2O4. The third-order valence-electron chi connectivity index (χ3n) is 3.04. The molecule has 1 aliphatic heterocycles. The summed E-state index contributed by atoms with van der Waals surface area (Å²) in [6.07, 6.45) is 1.78. The van der Waals surface area contributed by atoms with Crippen LogP contribution >= 0.6 is 58.0 Å². The molecule has 19 heavy (non-hydrogen) atoms. The van der Waals surface area contributed by atoms with Gasteiger partial charge >= 0.3 is 5.00 Å². The van der Waals surface area contributed by atoms with Gasteiger partial charge in [0.25, 0.3) is 11.8 Å². The lowest BCUT2D eigenvalue weighted by atomic mass is 9.79. The summed E-state index contributed by atoms with van der Waals surface area (Å²) in [4.78, 5) is 25.8. The second-order valence-corrected chi connectivity index (χ2v) is 7.08. The molecule has 11 heteroatoms. The molecule has 1 fully saturated rings. The summed E-state index contributed by atoms with van der Waals surface area (Å²) in [6.45, 7) is 0. The van der Waals surface area contributed by atoms with E-state index < -0.39 is 35.8 Å². The molecule has 0 aromatic carbocycles. The molecule has 1 saturated heterocycles. The molecule has 2 amide bonds. The molecule has 3 unspecified atom stereocenters. The van der Waals surface area contributed by atoms with Crippen LogP contribution in [0, 0.1) is 10.1 Å². The molecule has 0 saturated carbocycles. The van der Waals surface area contributed by atoms with Crippen LogP contribution in [0.5, 0.6) is 0 Å². The first-order valence-corrected chi connectivity index (χ1v) is 6.49. The summed E-state index contributed by atoms with van der Waals surface area (Å²) in [5, 5.41) is 13.1.